The molecule has 3 heterocycles. The Bertz CT molecular complexity index is 1440. The molecule has 1 unspecified atom stereocenters. The molecule has 154 valence electrons. The van der Waals surface area contributed by atoms with Gasteiger partial charge in [0.15, 0.2) is 11.5 Å². The number of thioether (sulfide) groups is 1. The highest BCUT2D eigenvalue weighted by atomic mass is 32.2. The van der Waals surface area contributed by atoms with Gasteiger partial charge in [-0.2, -0.15) is 8.42 Å². The fourth-order valence-electron chi connectivity index (χ4n) is 3.14. The van der Waals surface area contributed by atoms with E-state index in [2.05, 4.69) is 5.32 Å². The Morgan fingerprint density at radius 2 is 1.83 bits per heavy atom. The molecule has 2 N–H and O–H groups in total. The van der Waals surface area contributed by atoms with Gasteiger partial charge in [0.2, 0.25) is 16.2 Å². The van der Waals surface area contributed by atoms with Gasteiger partial charge in [0, 0.05) is 10.9 Å². The molecule has 1 saturated heterocycles. The molecule has 2 amide bonds. The fraction of sp³-hybridized carbons (Fsp3) is 0.158. The Labute approximate surface area is 174 Å². The third-order valence-corrected chi connectivity index (χ3v) is 6.66. The maximum atomic E-state index is 12.0. The Kier molecular flexibility index (Phi) is 4.79. The normalized spacial score (nSPS) is 16.1. The quantitative estimate of drug-likeness (QED) is 0.456. The lowest BCUT2D eigenvalue weighted by Crippen LogP contribution is -2.30. The van der Waals surface area contributed by atoms with Crippen LogP contribution in [-0.4, -0.2) is 34.8 Å². The first-order valence-electron chi connectivity index (χ1n) is 8.52. The number of nitrogens with one attached hydrogen (secondary N) is 1. The lowest BCUT2D eigenvalue weighted by Gasteiger charge is -2.06. The minimum absolute atomic E-state index is 0.0498. The second-order valence-electron chi connectivity index (χ2n) is 6.55. The molecule has 30 heavy (non-hydrogen) atoms. The second-order valence-corrected chi connectivity index (χ2v) is 8.54. The van der Waals surface area contributed by atoms with Crippen LogP contribution < -0.4 is 10.9 Å². The molecule has 0 aliphatic carbocycles. The van der Waals surface area contributed by atoms with Gasteiger partial charge in [0.25, 0.3) is 5.24 Å². The van der Waals surface area contributed by atoms with Crippen molar-refractivity contribution in [3.05, 3.63) is 51.4 Å². The van der Waals surface area contributed by atoms with Crippen molar-refractivity contribution in [2.75, 3.05) is 0 Å². The summed E-state index contributed by atoms with van der Waals surface area (Å²) in [5.41, 5.74) is 0.271. The van der Waals surface area contributed by atoms with Gasteiger partial charge in [0.1, 0.15) is 21.4 Å². The Balaban J connectivity index is 1.84. The molecule has 1 aromatic carbocycles. The van der Waals surface area contributed by atoms with Crippen molar-refractivity contribution in [2.45, 2.75) is 19.1 Å². The second kappa shape index (κ2) is 7.18. The summed E-state index contributed by atoms with van der Waals surface area (Å²) in [6.07, 6.45) is 0. The summed E-state index contributed by atoms with van der Waals surface area (Å²) in [5.74, 6) is -0.688. The molecular formula is C19H13NO8S2. The third kappa shape index (κ3) is 3.21. The van der Waals surface area contributed by atoms with E-state index in [4.69, 9.17) is 8.83 Å². The van der Waals surface area contributed by atoms with E-state index in [1.807, 2.05) is 0 Å². The van der Waals surface area contributed by atoms with E-state index in [-0.39, 0.29) is 33.3 Å². The summed E-state index contributed by atoms with van der Waals surface area (Å²) in [6, 6.07) is 5.97. The van der Waals surface area contributed by atoms with E-state index < -0.39 is 32.3 Å². The number of rotatable bonds is 3. The van der Waals surface area contributed by atoms with Crippen molar-refractivity contribution in [3.63, 3.8) is 0 Å². The number of hydrogen-bond donors (Lipinski definition) is 2. The number of amides is 2. The van der Waals surface area contributed by atoms with Crippen molar-refractivity contribution in [3.8, 4) is 17.3 Å². The van der Waals surface area contributed by atoms with Crippen molar-refractivity contribution in [1.82, 2.24) is 5.32 Å². The number of aromatic hydroxyl groups is 1. The first kappa shape index (κ1) is 20.0. The maximum Gasteiger partial charge on any atom is 0.343 e. The summed E-state index contributed by atoms with van der Waals surface area (Å²) < 4.78 is 34.6. The molecule has 11 heteroatoms. The lowest BCUT2D eigenvalue weighted by molar-refractivity contribution is -0.117. The monoisotopic (exact) mass is 447 g/mol. The molecule has 0 spiro atoms. The van der Waals surface area contributed by atoms with Crippen molar-refractivity contribution in [2.24, 2.45) is 0 Å². The third-order valence-electron chi connectivity index (χ3n) is 4.68. The van der Waals surface area contributed by atoms with Crippen molar-refractivity contribution < 1.29 is 31.9 Å². The van der Waals surface area contributed by atoms with E-state index in [9.17, 15) is 27.9 Å². The molecular weight excluding hydrogens is 434 g/mol. The number of furan rings is 1. The standard InChI is InChI=1S/C19H13NO8S2/c1-7-13(21)8(2)18(23)28-14(7)12-6-10-5-9(3-4-11(10)27-12)16(30(25)26)15-17(22)20-19(24)29-15/h3-6,15,21H,1-2H3,(H,20,22,24). The molecule has 0 bridgehead atoms. The highest BCUT2D eigenvalue weighted by Crippen LogP contribution is 2.34. The number of benzene rings is 1. The first-order valence-corrected chi connectivity index (χ1v) is 10.5. The SMILES string of the molecule is Cc1c(-c2cc3cc(C(C4SC(=O)NC4=O)=S(=O)=O)ccc3o2)oc(=O)c(C)c1O. The maximum absolute atomic E-state index is 12.0. The van der Waals surface area contributed by atoms with Gasteiger partial charge in [-0.1, -0.05) is 0 Å². The van der Waals surface area contributed by atoms with E-state index in [1.54, 1.807) is 6.92 Å². The Morgan fingerprint density at radius 3 is 2.47 bits per heavy atom. The van der Waals surface area contributed by atoms with E-state index in [0.29, 0.717) is 28.3 Å². The van der Waals surface area contributed by atoms with Crippen LogP contribution in [0.25, 0.3) is 22.5 Å². The summed E-state index contributed by atoms with van der Waals surface area (Å²) in [6.45, 7) is 3.00. The Morgan fingerprint density at radius 1 is 1.10 bits per heavy atom. The molecule has 1 atom stereocenters. The minimum Gasteiger partial charge on any atom is -0.507 e. The van der Waals surface area contributed by atoms with Gasteiger partial charge in [-0.3, -0.25) is 14.9 Å². The van der Waals surface area contributed by atoms with Gasteiger partial charge in [-0.05, 0) is 55.4 Å². The van der Waals surface area contributed by atoms with Gasteiger partial charge in [0.05, 0.1) is 5.56 Å². The van der Waals surface area contributed by atoms with Crippen LogP contribution in [0.2, 0.25) is 0 Å². The highest BCUT2D eigenvalue weighted by molar-refractivity contribution is 8.16. The molecule has 1 fully saturated rings. The summed E-state index contributed by atoms with van der Waals surface area (Å²) in [4.78, 5) is 35.1. The zero-order valence-corrected chi connectivity index (χ0v) is 17.1. The molecule has 1 aliphatic rings. The number of fused-ring (bicyclic) bond motifs is 1. The van der Waals surface area contributed by atoms with Crippen LogP contribution in [0.4, 0.5) is 4.79 Å². The number of carbonyl (C=O) groups excluding carboxylic acids is 2. The van der Waals surface area contributed by atoms with Crippen LogP contribution in [0, 0.1) is 13.8 Å². The number of hydrogen-bond acceptors (Lipinski definition) is 9. The van der Waals surface area contributed by atoms with Crippen molar-refractivity contribution >= 4 is 49.0 Å². The Hall–Kier alpha value is -3.31. The largest absolute Gasteiger partial charge is 0.507 e. The fourth-order valence-corrected chi connectivity index (χ4v) is 4.90. The average Bonchev–Trinajstić information content (AvgIpc) is 3.25. The number of imide groups is 1. The van der Waals surface area contributed by atoms with Crippen LogP contribution in [-0.2, 0) is 15.1 Å². The predicted molar refractivity (Wildman–Crippen MR) is 109 cm³/mol. The molecule has 2 aromatic heterocycles. The van der Waals surface area contributed by atoms with Crippen LogP contribution in [0.3, 0.4) is 0 Å². The van der Waals surface area contributed by atoms with Gasteiger partial charge in [-0.25, -0.2) is 4.79 Å². The molecule has 1 aliphatic heterocycles. The van der Waals surface area contributed by atoms with Crippen LogP contribution in [0.1, 0.15) is 16.7 Å². The predicted octanol–water partition coefficient (Wildman–Crippen LogP) is 2.13. The summed E-state index contributed by atoms with van der Waals surface area (Å²) in [7, 11) is -2.76. The van der Waals surface area contributed by atoms with E-state index in [1.165, 1.54) is 31.2 Å². The van der Waals surface area contributed by atoms with Gasteiger partial charge in [-0.15, -0.1) is 0 Å². The van der Waals surface area contributed by atoms with Crippen LogP contribution in [0.5, 0.6) is 5.75 Å². The molecule has 4 rings (SSSR count). The zero-order chi connectivity index (χ0) is 21.7. The van der Waals surface area contributed by atoms with Crippen molar-refractivity contribution in [1.29, 1.82) is 0 Å². The summed E-state index contributed by atoms with van der Waals surface area (Å²) >= 11 is 0.588. The average molecular weight is 447 g/mol. The molecule has 3 aromatic rings. The highest BCUT2D eigenvalue weighted by Gasteiger charge is 2.37. The van der Waals surface area contributed by atoms with Crippen LogP contribution >= 0.6 is 11.8 Å². The van der Waals surface area contributed by atoms with Gasteiger partial charge < -0.3 is 13.9 Å². The lowest BCUT2D eigenvalue weighted by atomic mass is 10.1. The molecule has 0 saturated carbocycles. The first-order chi connectivity index (χ1) is 14.2. The molecule has 9 nitrogen and oxygen atoms in total. The smallest absolute Gasteiger partial charge is 0.343 e. The van der Waals surface area contributed by atoms with Gasteiger partial charge >= 0.3 is 5.63 Å². The zero-order valence-electron chi connectivity index (χ0n) is 15.5. The molecule has 0 radical (unpaired) electrons. The number of carbonyl (C=O) groups is 2. The summed E-state index contributed by atoms with van der Waals surface area (Å²) in [5, 5.41) is 10.8. The topological polar surface area (TPSA) is 144 Å². The minimum atomic E-state index is -2.76. The van der Waals surface area contributed by atoms with E-state index in [0.717, 1.165) is 0 Å². The van der Waals surface area contributed by atoms with Crippen LogP contribution in [0.15, 0.2) is 37.9 Å². The van der Waals surface area contributed by atoms with E-state index >= 15 is 0 Å².